The highest BCUT2D eigenvalue weighted by atomic mass is 14.9. The number of benzene rings is 1. The standard InChI is InChI=1S/C17H22N2/c1-4-9-19-14(3)15-5-7-16(8-6-15)17-10-13(2)11-18-12-17/h5-8,10-12,14,19H,4,9H2,1-3H3. The van der Waals surface area contributed by atoms with Crippen molar-refractivity contribution in [3.8, 4) is 11.1 Å². The molecule has 0 saturated carbocycles. The van der Waals surface area contributed by atoms with Gasteiger partial charge in [-0.25, -0.2) is 0 Å². The molecule has 2 heteroatoms. The van der Waals surface area contributed by atoms with Gasteiger partial charge in [0.15, 0.2) is 0 Å². The molecule has 2 rings (SSSR count). The Hall–Kier alpha value is -1.67. The summed E-state index contributed by atoms with van der Waals surface area (Å²) in [6.45, 7) is 7.53. The lowest BCUT2D eigenvalue weighted by atomic mass is 10.0. The van der Waals surface area contributed by atoms with E-state index < -0.39 is 0 Å². The summed E-state index contributed by atoms with van der Waals surface area (Å²) in [7, 11) is 0. The Morgan fingerprint density at radius 2 is 1.84 bits per heavy atom. The van der Waals surface area contributed by atoms with E-state index in [1.807, 2.05) is 12.4 Å². The summed E-state index contributed by atoms with van der Waals surface area (Å²) >= 11 is 0. The second kappa shape index (κ2) is 6.48. The van der Waals surface area contributed by atoms with Crippen molar-refractivity contribution in [2.75, 3.05) is 6.54 Å². The Morgan fingerprint density at radius 3 is 2.47 bits per heavy atom. The number of nitrogens with one attached hydrogen (secondary N) is 1. The van der Waals surface area contributed by atoms with E-state index in [1.54, 1.807) is 0 Å². The van der Waals surface area contributed by atoms with Crippen molar-refractivity contribution in [3.05, 3.63) is 53.9 Å². The Kier molecular flexibility index (Phi) is 4.69. The van der Waals surface area contributed by atoms with Crippen LogP contribution < -0.4 is 5.32 Å². The minimum Gasteiger partial charge on any atom is -0.310 e. The maximum Gasteiger partial charge on any atom is 0.0346 e. The van der Waals surface area contributed by atoms with Gasteiger partial charge in [-0.15, -0.1) is 0 Å². The van der Waals surface area contributed by atoms with E-state index in [1.165, 1.54) is 22.3 Å². The average Bonchev–Trinajstić information content (AvgIpc) is 2.45. The molecule has 0 aliphatic rings. The lowest BCUT2D eigenvalue weighted by Gasteiger charge is -2.14. The van der Waals surface area contributed by atoms with Crippen LogP contribution in [-0.2, 0) is 0 Å². The summed E-state index contributed by atoms with van der Waals surface area (Å²) < 4.78 is 0. The Morgan fingerprint density at radius 1 is 1.11 bits per heavy atom. The van der Waals surface area contributed by atoms with Crippen LogP contribution >= 0.6 is 0 Å². The van der Waals surface area contributed by atoms with Crippen LogP contribution in [0.5, 0.6) is 0 Å². The predicted octanol–water partition coefficient (Wildman–Crippen LogP) is 4.12. The SMILES string of the molecule is CCCNC(C)c1ccc(-c2cncc(C)c2)cc1. The van der Waals surface area contributed by atoms with Gasteiger partial charge in [0.25, 0.3) is 0 Å². The van der Waals surface area contributed by atoms with Crippen LogP contribution in [0.1, 0.15) is 37.4 Å². The minimum atomic E-state index is 0.407. The predicted molar refractivity (Wildman–Crippen MR) is 81.1 cm³/mol. The minimum absolute atomic E-state index is 0.407. The normalized spacial score (nSPS) is 12.4. The molecule has 0 aliphatic heterocycles. The van der Waals surface area contributed by atoms with Gasteiger partial charge in [0.05, 0.1) is 0 Å². The summed E-state index contributed by atoms with van der Waals surface area (Å²) in [5, 5.41) is 3.50. The summed E-state index contributed by atoms with van der Waals surface area (Å²) in [6, 6.07) is 11.3. The Bertz CT molecular complexity index is 517. The molecular formula is C17H22N2. The Labute approximate surface area is 115 Å². The van der Waals surface area contributed by atoms with E-state index >= 15 is 0 Å². The lowest BCUT2D eigenvalue weighted by Crippen LogP contribution is -2.19. The van der Waals surface area contributed by atoms with Gasteiger partial charge in [-0.05, 0) is 49.6 Å². The zero-order valence-electron chi connectivity index (χ0n) is 12.0. The van der Waals surface area contributed by atoms with Gasteiger partial charge in [-0.3, -0.25) is 4.98 Å². The lowest BCUT2D eigenvalue weighted by molar-refractivity contribution is 0.571. The third kappa shape index (κ3) is 3.65. The number of aromatic nitrogens is 1. The van der Waals surface area contributed by atoms with E-state index in [2.05, 4.69) is 61.4 Å². The number of pyridine rings is 1. The zero-order valence-corrected chi connectivity index (χ0v) is 12.0. The van der Waals surface area contributed by atoms with Crippen molar-refractivity contribution in [3.63, 3.8) is 0 Å². The van der Waals surface area contributed by atoms with Crippen molar-refractivity contribution in [2.24, 2.45) is 0 Å². The molecule has 2 nitrogen and oxygen atoms in total. The van der Waals surface area contributed by atoms with Crippen LogP contribution in [0.2, 0.25) is 0 Å². The summed E-state index contributed by atoms with van der Waals surface area (Å²) in [4.78, 5) is 4.25. The molecule has 2 aromatic rings. The fraction of sp³-hybridized carbons (Fsp3) is 0.353. The summed E-state index contributed by atoms with van der Waals surface area (Å²) in [5.74, 6) is 0. The highest BCUT2D eigenvalue weighted by Gasteiger charge is 2.04. The molecular weight excluding hydrogens is 232 g/mol. The van der Waals surface area contributed by atoms with Crippen molar-refractivity contribution in [1.29, 1.82) is 0 Å². The first-order chi connectivity index (χ1) is 9.20. The van der Waals surface area contributed by atoms with Crippen LogP contribution in [-0.4, -0.2) is 11.5 Å². The molecule has 0 fully saturated rings. The van der Waals surface area contributed by atoms with Gasteiger partial charge in [0.1, 0.15) is 0 Å². The van der Waals surface area contributed by atoms with E-state index in [0.717, 1.165) is 13.0 Å². The first kappa shape index (κ1) is 13.8. The molecule has 1 aromatic heterocycles. The Balaban J connectivity index is 2.14. The third-order valence-electron chi connectivity index (χ3n) is 3.32. The van der Waals surface area contributed by atoms with E-state index in [9.17, 15) is 0 Å². The number of rotatable bonds is 5. The van der Waals surface area contributed by atoms with Crippen molar-refractivity contribution < 1.29 is 0 Å². The molecule has 0 amide bonds. The van der Waals surface area contributed by atoms with Gasteiger partial charge in [-0.1, -0.05) is 31.2 Å². The molecule has 1 heterocycles. The topological polar surface area (TPSA) is 24.9 Å². The maximum absolute atomic E-state index is 4.25. The highest BCUT2D eigenvalue weighted by molar-refractivity contribution is 5.63. The molecule has 0 saturated heterocycles. The molecule has 1 atom stereocenters. The zero-order chi connectivity index (χ0) is 13.7. The number of hydrogen-bond donors (Lipinski definition) is 1. The van der Waals surface area contributed by atoms with Gasteiger partial charge < -0.3 is 5.32 Å². The molecule has 1 N–H and O–H groups in total. The quantitative estimate of drug-likeness (QED) is 0.868. The monoisotopic (exact) mass is 254 g/mol. The van der Waals surface area contributed by atoms with Crippen LogP contribution in [0, 0.1) is 6.92 Å². The molecule has 0 spiro atoms. The average molecular weight is 254 g/mol. The smallest absolute Gasteiger partial charge is 0.0346 e. The fourth-order valence-corrected chi connectivity index (χ4v) is 2.16. The van der Waals surface area contributed by atoms with Gasteiger partial charge >= 0.3 is 0 Å². The van der Waals surface area contributed by atoms with E-state index in [4.69, 9.17) is 0 Å². The molecule has 19 heavy (non-hydrogen) atoms. The fourth-order valence-electron chi connectivity index (χ4n) is 2.16. The maximum atomic E-state index is 4.25. The summed E-state index contributed by atoms with van der Waals surface area (Å²) in [5.41, 5.74) is 4.93. The van der Waals surface area contributed by atoms with Crippen LogP contribution in [0.15, 0.2) is 42.7 Å². The van der Waals surface area contributed by atoms with Gasteiger partial charge in [-0.2, -0.15) is 0 Å². The number of aryl methyl sites for hydroxylation is 1. The van der Waals surface area contributed by atoms with Crippen LogP contribution in [0.3, 0.4) is 0 Å². The summed E-state index contributed by atoms with van der Waals surface area (Å²) in [6.07, 6.45) is 4.97. The van der Waals surface area contributed by atoms with Crippen LogP contribution in [0.25, 0.3) is 11.1 Å². The van der Waals surface area contributed by atoms with E-state index in [-0.39, 0.29) is 0 Å². The van der Waals surface area contributed by atoms with Gasteiger partial charge in [0.2, 0.25) is 0 Å². The molecule has 100 valence electrons. The highest BCUT2D eigenvalue weighted by Crippen LogP contribution is 2.22. The van der Waals surface area contributed by atoms with Crippen molar-refractivity contribution in [2.45, 2.75) is 33.2 Å². The molecule has 0 bridgehead atoms. The van der Waals surface area contributed by atoms with E-state index in [0.29, 0.717) is 6.04 Å². The number of hydrogen-bond acceptors (Lipinski definition) is 2. The third-order valence-corrected chi connectivity index (χ3v) is 3.32. The molecule has 1 aromatic carbocycles. The van der Waals surface area contributed by atoms with Crippen molar-refractivity contribution >= 4 is 0 Å². The largest absolute Gasteiger partial charge is 0.310 e. The first-order valence-corrected chi connectivity index (χ1v) is 6.96. The molecule has 0 radical (unpaired) electrons. The number of nitrogens with zero attached hydrogens (tertiary/aromatic N) is 1. The van der Waals surface area contributed by atoms with Crippen molar-refractivity contribution in [1.82, 2.24) is 10.3 Å². The first-order valence-electron chi connectivity index (χ1n) is 6.96. The second-order valence-corrected chi connectivity index (χ2v) is 5.05. The molecule has 1 unspecified atom stereocenters. The van der Waals surface area contributed by atoms with Crippen LogP contribution in [0.4, 0.5) is 0 Å². The van der Waals surface area contributed by atoms with Gasteiger partial charge in [0, 0.05) is 24.0 Å². The molecule has 0 aliphatic carbocycles. The second-order valence-electron chi connectivity index (χ2n) is 5.05.